The van der Waals surface area contributed by atoms with Crippen LogP contribution >= 0.6 is 24.8 Å². The molecule has 2 aromatic rings. The Morgan fingerprint density at radius 2 is 1.93 bits per heavy atom. The SMILES string of the molecule is Cl.Cl.O=C(NCCN1CCc2ccccc2C1)c1cn(C2CCNCC2)nn1. The number of carbonyl (C=O) groups is 1. The normalized spacial score (nSPS) is 17.1. The van der Waals surface area contributed by atoms with Gasteiger partial charge in [-0.3, -0.25) is 9.69 Å². The van der Waals surface area contributed by atoms with Gasteiger partial charge < -0.3 is 10.6 Å². The number of nitrogens with one attached hydrogen (secondary N) is 2. The van der Waals surface area contributed by atoms with Crippen LogP contribution in [0.4, 0.5) is 0 Å². The van der Waals surface area contributed by atoms with Crippen molar-refractivity contribution in [3.63, 3.8) is 0 Å². The molecule has 1 amide bonds. The van der Waals surface area contributed by atoms with Crippen LogP contribution in [-0.2, 0) is 13.0 Å². The first-order chi connectivity index (χ1) is 12.8. The van der Waals surface area contributed by atoms with Gasteiger partial charge in [-0.2, -0.15) is 0 Å². The van der Waals surface area contributed by atoms with E-state index >= 15 is 0 Å². The third-order valence-electron chi connectivity index (χ3n) is 5.35. The standard InChI is InChI=1S/C19H26N6O.2ClH/c26-19(18-14-25(23-22-18)17-5-8-20-9-6-17)21-10-12-24-11-7-15-3-1-2-4-16(15)13-24;;/h1-4,14,17,20H,5-13H2,(H,21,26);2*1H. The van der Waals surface area contributed by atoms with Gasteiger partial charge in [0.15, 0.2) is 5.69 Å². The number of carbonyl (C=O) groups excluding carboxylic acids is 1. The Labute approximate surface area is 178 Å². The van der Waals surface area contributed by atoms with E-state index in [-0.39, 0.29) is 30.7 Å². The fourth-order valence-electron chi connectivity index (χ4n) is 3.79. The summed E-state index contributed by atoms with van der Waals surface area (Å²) < 4.78 is 1.84. The summed E-state index contributed by atoms with van der Waals surface area (Å²) in [6.07, 6.45) is 4.92. The molecule has 2 N–H and O–H groups in total. The Bertz CT molecular complexity index is 762. The number of hydrogen-bond acceptors (Lipinski definition) is 5. The average Bonchev–Trinajstić information content (AvgIpc) is 3.19. The predicted octanol–water partition coefficient (Wildman–Crippen LogP) is 1.83. The summed E-state index contributed by atoms with van der Waals surface area (Å²) in [5.74, 6) is -0.136. The van der Waals surface area contributed by atoms with Gasteiger partial charge in [0, 0.05) is 26.2 Å². The number of hydrogen-bond donors (Lipinski definition) is 2. The van der Waals surface area contributed by atoms with Crippen LogP contribution in [0, 0.1) is 0 Å². The molecule has 3 heterocycles. The first-order valence-electron chi connectivity index (χ1n) is 9.49. The molecule has 1 aromatic heterocycles. The van der Waals surface area contributed by atoms with Gasteiger partial charge in [-0.05, 0) is 43.5 Å². The fourth-order valence-corrected chi connectivity index (χ4v) is 3.79. The zero-order chi connectivity index (χ0) is 17.8. The van der Waals surface area contributed by atoms with Crippen molar-refractivity contribution in [3.8, 4) is 0 Å². The number of aromatic nitrogens is 3. The minimum absolute atomic E-state index is 0. The molecule has 0 aliphatic carbocycles. The summed E-state index contributed by atoms with van der Waals surface area (Å²) in [7, 11) is 0. The Morgan fingerprint density at radius 3 is 2.71 bits per heavy atom. The van der Waals surface area contributed by atoms with E-state index in [2.05, 4.69) is 50.1 Å². The third kappa shape index (κ3) is 5.44. The highest BCUT2D eigenvalue weighted by molar-refractivity contribution is 5.91. The summed E-state index contributed by atoms with van der Waals surface area (Å²) in [5, 5.41) is 14.5. The molecule has 0 bridgehead atoms. The number of benzene rings is 1. The van der Waals surface area contributed by atoms with Crippen LogP contribution in [-0.4, -0.2) is 58.5 Å². The van der Waals surface area contributed by atoms with Crippen LogP contribution in [0.1, 0.15) is 40.5 Å². The van der Waals surface area contributed by atoms with E-state index in [1.165, 1.54) is 11.1 Å². The summed E-state index contributed by atoms with van der Waals surface area (Å²) in [6.45, 7) is 5.45. The molecule has 7 nitrogen and oxygen atoms in total. The van der Waals surface area contributed by atoms with Gasteiger partial charge >= 0.3 is 0 Å². The second-order valence-electron chi connectivity index (χ2n) is 7.12. The minimum atomic E-state index is -0.136. The molecule has 2 aliphatic heterocycles. The quantitative estimate of drug-likeness (QED) is 0.762. The van der Waals surface area contributed by atoms with Crippen LogP contribution in [0.25, 0.3) is 0 Å². The number of rotatable bonds is 5. The van der Waals surface area contributed by atoms with Crippen molar-refractivity contribution in [2.45, 2.75) is 31.8 Å². The van der Waals surface area contributed by atoms with Gasteiger partial charge in [-0.25, -0.2) is 4.68 Å². The molecule has 1 saturated heterocycles. The molecule has 1 aromatic carbocycles. The largest absolute Gasteiger partial charge is 0.349 e. The van der Waals surface area contributed by atoms with Gasteiger partial charge in [0.1, 0.15) is 0 Å². The summed E-state index contributed by atoms with van der Waals surface area (Å²) >= 11 is 0. The molecule has 0 saturated carbocycles. The number of piperidine rings is 1. The van der Waals surface area contributed by atoms with Gasteiger partial charge in [-0.1, -0.05) is 29.5 Å². The Balaban J connectivity index is 0.00000140. The maximum absolute atomic E-state index is 12.3. The molecular formula is C19H28Cl2N6O. The van der Waals surface area contributed by atoms with Crippen molar-refractivity contribution in [1.29, 1.82) is 0 Å². The maximum atomic E-state index is 12.3. The second kappa shape index (κ2) is 10.8. The van der Waals surface area contributed by atoms with Crippen LogP contribution in [0.5, 0.6) is 0 Å². The zero-order valence-electron chi connectivity index (χ0n) is 15.8. The Morgan fingerprint density at radius 1 is 1.18 bits per heavy atom. The van der Waals surface area contributed by atoms with Crippen molar-refractivity contribution in [1.82, 2.24) is 30.5 Å². The molecular weight excluding hydrogens is 399 g/mol. The number of fused-ring (bicyclic) bond motifs is 1. The lowest BCUT2D eigenvalue weighted by Crippen LogP contribution is -2.37. The summed E-state index contributed by atoms with van der Waals surface area (Å²) in [4.78, 5) is 14.7. The average molecular weight is 427 g/mol. The van der Waals surface area contributed by atoms with E-state index in [4.69, 9.17) is 0 Å². The first-order valence-corrected chi connectivity index (χ1v) is 9.49. The van der Waals surface area contributed by atoms with Gasteiger partial charge in [0.05, 0.1) is 12.2 Å². The Hall–Kier alpha value is -1.67. The highest BCUT2D eigenvalue weighted by atomic mass is 35.5. The van der Waals surface area contributed by atoms with Crippen molar-refractivity contribution in [2.75, 3.05) is 32.7 Å². The molecule has 4 rings (SSSR count). The second-order valence-corrected chi connectivity index (χ2v) is 7.12. The molecule has 0 atom stereocenters. The highest BCUT2D eigenvalue weighted by Crippen LogP contribution is 2.18. The predicted molar refractivity (Wildman–Crippen MR) is 113 cm³/mol. The van der Waals surface area contributed by atoms with Crippen molar-refractivity contribution >= 4 is 30.7 Å². The number of halogens is 2. The lowest BCUT2D eigenvalue weighted by molar-refractivity contribution is 0.0942. The zero-order valence-corrected chi connectivity index (χ0v) is 17.5. The monoisotopic (exact) mass is 426 g/mol. The number of amides is 1. The summed E-state index contributed by atoms with van der Waals surface area (Å²) in [6, 6.07) is 8.94. The molecule has 0 unspecified atom stereocenters. The molecule has 9 heteroatoms. The number of nitrogens with zero attached hydrogens (tertiary/aromatic N) is 4. The lowest BCUT2D eigenvalue weighted by atomic mass is 10.00. The topological polar surface area (TPSA) is 75.1 Å². The van der Waals surface area contributed by atoms with Crippen LogP contribution in [0.2, 0.25) is 0 Å². The van der Waals surface area contributed by atoms with Crippen molar-refractivity contribution < 1.29 is 4.79 Å². The van der Waals surface area contributed by atoms with Crippen molar-refractivity contribution in [2.24, 2.45) is 0 Å². The van der Waals surface area contributed by atoms with E-state index in [1.54, 1.807) is 6.20 Å². The Kier molecular flexibility index (Phi) is 8.69. The van der Waals surface area contributed by atoms with Crippen molar-refractivity contribution in [3.05, 3.63) is 47.3 Å². The van der Waals surface area contributed by atoms with E-state index in [0.717, 1.165) is 52.0 Å². The van der Waals surface area contributed by atoms with Gasteiger partial charge in [0.2, 0.25) is 0 Å². The van der Waals surface area contributed by atoms with E-state index in [1.807, 2.05) is 4.68 Å². The molecule has 2 aliphatic rings. The van der Waals surface area contributed by atoms with Gasteiger partial charge in [-0.15, -0.1) is 29.9 Å². The molecule has 0 spiro atoms. The fraction of sp³-hybridized carbons (Fsp3) is 0.526. The smallest absolute Gasteiger partial charge is 0.273 e. The van der Waals surface area contributed by atoms with E-state index in [9.17, 15) is 4.79 Å². The molecule has 154 valence electrons. The molecule has 28 heavy (non-hydrogen) atoms. The van der Waals surface area contributed by atoms with Crippen LogP contribution in [0.15, 0.2) is 30.5 Å². The maximum Gasteiger partial charge on any atom is 0.273 e. The van der Waals surface area contributed by atoms with Crippen LogP contribution < -0.4 is 10.6 Å². The van der Waals surface area contributed by atoms with E-state index in [0.29, 0.717) is 18.3 Å². The van der Waals surface area contributed by atoms with E-state index < -0.39 is 0 Å². The third-order valence-corrected chi connectivity index (χ3v) is 5.35. The lowest BCUT2D eigenvalue weighted by Gasteiger charge is -2.28. The highest BCUT2D eigenvalue weighted by Gasteiger charge is 2.19. The van der Waals surface area contributed by atoms with Crippen LogP contribution in [0.3, 0.4) is 0 Å². The molecule has 1 fully saturated rings. The molecule has 0 radical (unpaired) electrons. The summed E-state index contributed by atoms with van der Waals surface area (Å²) in [5.41, 5.74) is 3.25. The van der Waals surface area contributed by atoms with Gasteiger partial charge in [0.25, 0.3) is 5.91 Å². The minimum Gasteiger partial charge on any atom is -0.349 e. The first kappa shape index (κ1) is 22.6.